The molecule has 0 aliphatic heterocycles. The minimum atomic E-state index is -0.445. The number of ether oxygens (including phenoxy) is 1. The summed E-state index contributed by atoms with van der Waals surface area (Å²) in [5.74, 6) is 0.767. The van der Waals surface area contributed by atoms with Gasteiger partial charge in [-0.1, -0.05) is 0 Å². The minimum Gasteiger partial charge on any atom is -0.491 e. The number of nitrogens with zero attached hydrogens (tertiary/aromatic N) is 1. The van der Waals surface area contributed by atoms with Crippen molar-refractivity contribution in [3.8, 4) is 5.75 Å². The van der Waals surface area contributed by atoms with Gasteiger partial charge in [0.05, 0.1) is 5.52 Å². The van der Waals surface area contributed by atoms with Gasteiger partial charge in [-0.3, -0.25) is 0 Å². The zero-order valence-corrected chi connectivity index (χ0v) is 11.6. The fourth-order valence-corrected chi connectivity index (χ4v) is 2.95. The standard InChI is InChI=1S/C16H20FNO/c1-11-12(2)18(13-4-3-5-13)16-10-14(19-9-8-17)6-7-15(11)16/h6-7,10,13H,3-5,8-9H2,1-2H3. The summed E-state index contributed by atoms with van der Waals surface area (Å²) in [5, 5.41) is 1.29. The molecular formula is C16H20FNO. The zero-order valence-electron chi connectivity index (χ0n) is 11.6. The van der Waals surface area contributed by atoms with Crippen molar-refractivity contribution in [3.05, 3.63) is 29.5 Å². The third-order valence-electron chi connectivity index (χ3n) is 4.32. The predicted octanol–water partition coefficient (Wildman–Crippen LogP) is 4.33. The van der Waals surface area contributed by atoms with Crippen LogP contribution in [-0.2, 0) is 0 Å². The summed E-state index contributed by atoms with van der Waals surface area (Å²) < 4.78 is 20.1. The summed E-state index contributed by atoms with van der Waals surface area (Å²) in [6, 6.07) is 6.73. The van der Waals surface area contributed by atoms with Gasteiger partial charge in [-0.25, -0.2) is 4.39 Å². The highest BCUT2D eigenvalue weighted by molar-refractivity contribution is 5.86. The largest absolute Gasteiger partial charge is 0.491 e. The summed E-state index contributed by atoms with van der Waals surface area (Å²) in [6.45, 7) is 4.05. The maximum absolute atomic E-state index is 12.2. The molecule has 0 amide bonds. The van der Waals surface area contributed by atoms with Crippen LogP contribution in [0.15, 0.2) is 18.2 Å². The topological polar surface area (TPSA) is 14.2 Å². The Kier molecular flexibility index (Phi) is 3.21. The van der Waals surface area contributed by atoms with Crippen molar-refractivity contribution in [1.82, 2.24) is 4.57 Å². The van der Waals surface area contributed by atoms with Crippen molar-refractivity contribution in [2.24, 2.45) is 0 Å². The molecule has 1 fully saturated rings. The van der Waals surface area contributed by atoms with Crippen LogP contribution in [0.25, 0.3) is 10.9 Å². The fraction of sp³-hybridized carbons (Fsp3) is 0.500. The van der Waals surface area contributed by atoms with Gasteiger partial charge in [0, 0.05) is 23.2 Å². The molecule has 0 unspecified atom stereocenters. The number of halogens is 1. The van der Waals surface area contributed by atoms with Gasteiger partial charge in [0.25, 0.3) is 0 Å². The molecule has 102 valence electrons. The second-order valence-corrected chi connectivity index (χ2v) is 5.38. The van der Waals surface area contributed by atoms with Gasteiger partial charge in [0.1, 0.15) is 19.0 Å². The Morgan fingerprint density at radius 3 is 2.74 bits per heavy atom. The van der Waals surface area contributed by atoms with Crippen molar-refractivity contribution in [3.63, 3.8) is 0 Å². The maximum Gasteiger partial charge on any atom is 0.123 e. The molecule has 2 aromatic rings. The van der Waals surface area contributed by atoms with E-state index in [2.05, 4.69) is 30.5 Å². The van der Waals surface area contributed by atoms with Gasteiger partial charge in [-0.05, 0) is 50.8 Å². The van der Waals surface area contributed by atoms with E-state index in [-0.39, 0.29) is 6.61 Å². The average Bonchev–Trinajstić information content (AvgIpc) is 2.60. The smallest absolute Gasteiger partial charge is 0.123 e. The summed E-state index contributed by atoms with van der Waals surface area (Å²) in [6.07, 6.45) is 3.85. The van der Waals surface area contributed by atoms with E-state index < -0.39 is 6.67 Å². The van der Waals surface area contributed by atoms with Crippen LogP contribution in [-0.4, -0.2) is 17.8 Å². The van der Waals surface area contributed by atoms with Crippen LogP contribution in [0.3, 0.4) is 0 Å². The lowest BCUT2D eigenvalue weighted by Crippen LogP contribution is -2.17. The third kappa shape index (κ3) is 2.01. The molecule has 0 bridgehead atoms. The number of alkyl halides is 1. The molecule has 1 aliphatic rings. The van der Waals surface area contributed by atoms with Crippen LogP contribution in [0, 0.1) is 13.8 Å². The summed E-state index contributed by atoms with van der Waals surface area (Å²) in [5.41, 5.74) is 3.93. The van der Waals surface area contributed by atoms with Crippen LogP contribution in [0.1, 0.15) is 36.6 Å². The van der Waals surface area contributed by atoms with Crippen molar-refractivity contribution >= 4 is 10.9 Å². The second-order valence-electron chi connectivity index (χ2n) is 5.38. The zero-order chi connectivity index (χ0) is 13.4. The molecule has 1 aromatic carbocycles. The third-order valence-corrected chi connectivity index (χ3v) is 4.32. The molecule has 1 aliphatic carbocycles. The highest BCUT2D eigenvalue weighted by Crippen LogP contribution is 2.39. The van der Waals surface area contributed by atoms with Gasteiger partial charge < -0.3 is 9.30 Å². The van der Waals surface area contributed by atoms with E-state index >= 15 is 0 Å². The molecule has 0 atom stereocenters. The van der Waals surface area contributed by atoms with Crippen LogP contribution in [0.4, 0.5) is 4.39 Å². The molecule has 3 rings (SSSR count). The van der Waals surface area contributed by atoms with Crippen LogP contribution in [0.2, 0.25) is 0 Å². The first-order chi connectivity index (χ1) is 9.22. The van der Waals surface area contributed by atoms with Crippen molar-refractivity contribution in [2.75, 3.05) is 13.3 Å². The van der Waals surface area contributed by atoms with E-state index in [4.69, 9.17) is 4.74 Å². The van der Waals surface area contributed by atoms with Crippen molar-refractivity contribution in [2.45, 2.75) is 39.2 Å². The van der Waals surface area contributed by atoms with Crippen LogP contribution in [0.5, 0.6) is 5.75 Å². The summed E-state index contributed by atoms with van der Waals surface area (Å²) in [7, 11) is 0. The van der Waals surface area contributed by atoms with E-state index in [9.17, 15) is 4.39 Å². The highest BCUT2D eigenvalue weighted by atomic mass is 19.1. The SMILES string of the molecule is Cc1c(C)n(C2CCC2)c2cc(OCCF)ccc12. The Hall–Kier alpha value is -1.51. The normalized spacial score (nSPS) is 15.7. The lowest BCUT2D eigenvalue weighted by atomic mass is 9.92. The molecule has 0 radical (unpaired) electrons. The number of hydrogen-bond acceptors (Lipinski definition) is 1. The van der Waals surface area contributed by atoms with Crippen LogP contribution >= 0.6 is 0 Å². The van der Waals surface area contributed by atoms with E-state index in [0.29, 0.717) is 6.04 Å². The first kappa shape index (κ1) is 12.5. The summed E-state index contributed by atoms with van der Waals surface area (Å²) >= 11 is 0. The van der Waals surface area contributed by atoms with Gasteiger partial charge in [0.15, 0.2) is 0 Å². The molecule has 0 saturated heterocycles. The number of benzene rings is 1. The molecule has 2 nitrogen and oxygen atoms in total. The molecule has 1 heterocycles. The Bertz CT molecular complexity index is 598. The molecule has 1 saturated carbocycles. The molecular weight excluding hydrogens is 241 g/mol. The predicted molar refractivity (Wildman–Crippen MR) is 75.8 cm³/mol. The highest BCUT2D eigenvalue weighted by Gasteiger charge is 2.24. The van der Waals surface area contributed by atoms with Crippen molar-refractivity contribution < 1.29 is 9.13 Å². The minimum absolute atomic E-state index is 0.133. The van der Waals surface area contributed by atoms with E-state index in [0.717, 1.165) is 5.75 Å². The van der Waals surface area contributed by atoms with Gasteiger partial charge >= 0.3 is 0 Å². The van der Waals surface area contributed by atoms with Crippen LogP contribution < -0.4 is 4.74 Å². The Morgan fingerprint density at radius 1 is 1.32 bits per heavy atom. The number of hydrogen-bond donors (Lipinski definition) is 0. The van der Waals surface area contributed by atoms with Crippen molar-refractivity contribution in [1.29, 1.82) is 0 Å². The molecule has 3 heteroatoms. The molecule has 0 N–H and O–H groups in total. The second kappa shape index (κ2) is 4.87. The Morgan fingerprint density at radius 2 is 2.11 bits per heavy atom. The molecule has 19 heavy (non-hydrogen) atoms. The first-order valence-corrected chi connectivity index (χ1v) is 7.02. The van der Waals surface area contributed by atoms with E-state index in [1.807, 2.05) is 6.07 Å². The maximum atomic E-state index is 12.2. The van der Waals surface area contributed by atoms with E-state index in [1.54, 1.807) is 0 Å². The number of aryl methyl sites for hydroxylation is 1. The lowest BCUT2D eigenvalue weighted by Gasteiger charge is -2.29. The average molecular weight is 261 g/mol. The quantitative estimate of drug-likeness (QED) is 0.799. The van der Waals surface area contributed by atoms with Gasteiger partial charge in [0.2, 0.25) is 0 Å². The lowest BCUT2D eigenvalue weighted by molar-refractivity contribution is 0.273. The molecule has 0 spiro atoms. The van der Waals surface area contributed by atoms with E-state index in [1.165, 1.54) is 41.4 Å². The number of rotatable bonds is 4. The Labute approximate surface area is 113 Å². The van der Waals surface area contributed by atoms with Gasteiger partial charge in [-0.15, -0.1) is 0 Å². The fourth-order valence-electron chi connectivity index (χ4n) is 2.95. The number of fused-ring (bicyclic) bond motifs is 1. The Balaban J connectivity index is 2.08. The summed E-state index contributed by atoms with van der Waals surface area (Å²) in [4.78, 5) is 0. The first-order valence-electron chi connectivity index (χ1n) is 7.02. The monoisotopic (exact) mass is 261 g/mol. The number of aromatic nitrogens is 1. The van der Waals surface area contributed by atoms with Gasteiger partial charge in [-0.2, -0.15) is 0 Å². The molecule has 1 aromatic heterocycles.